The summed E-state index contributed by atoms with van der Waals surface area (Å²) in [6.45, 7) is 2.48. The third-order valence-corrected chi connectivity index (χ3v) is 7.87. The number of fused-ring (bicyclic) bond motifs is 1. The number of pyridine rings is 1. The number of rotatable bonds is 9. The minimum absolute atomic E-state index is 0.0194. The highest BCUT2D eigenvalue weighted by atomic mass is 35.5. The minimum atomic E-state index is -1.76. The summed E-state index contributed by atoms with van der Waals surface area (Å²) in [4.78, 5) is 64.2. The number of aromatic nitrogens is 2. The summed E-state index contributed by atoms with van der Waals surface area (Å²) in [7, 11) is 0. The van der Waals surface area contributed by atoms with Gasteiger partial charge in [0.15, 0.2) is 10.8 Å². The summed E-state index contributed by atoms with van der Waals surface area (Å²) in [5.74, 6) is -3.69. The molecule has 16 heteroatoms. The van der Waals surface area contributed by atoms with Crippen LogP contribution in [-0.4, -0.2) is 77.3 Å². The molecule has 1 fully saturated rings. The van der Waals surface area contributed by atoms with Gasteiger partial charge in [-0.15, -0.1) is 34.7 Å². The Morgan fingerprint density at radius 2 is 2.08 bits per heavy atom. The maximum absolute atomic E-state index is 13.1. The van der Waals surface area contributed by atoms with Gasteiger partial charge in [0.25, 0.3) is 11.8 Å². The number of carboxylic acids is 2. The molecule has 1 saturated heterocycles. The Hall–Kier alpha value is -3.69. The number of thiazole rings is 1. The number of alkyl halides is 1. The Morgan fingerprint density at radius 3 is 2.63 bits per heavy atom. The van der Waals surface area contributed by atoms with E-state index in [1.165, 1.54) is 37.2 Å². The van der Waals surface area contributed by atoms with E-state index in [0.717, 1.165) is 21.8 Å². The number of hydrogen-bond donors (Lipinski definition) is 4. The highest BCUT2D eigenvalue weighted by Gasteiger charge is 2.54. The van der Waals surface area contributed by atoms with Crippen molar-refractivity contribution in [3.63, 3.8) is 0 Å². The second-order valence-electron chi connectivity index (χ2n) is 8.60. The van der Waals surface area contributed by atoms with E-state index in [-0.39, 0.29) is 28.2 Å². The van der Waals surface area contributed by atoms with Crippen molar-refractivity contribution in [2.45, 2.75) is 36.7 Å². The summed E-state index contributed by atoms with van der Waals surface area (Å²) in [5, 5.41) is 26.3. The number of aliphatic carboxylic acids is 2. The molecule has 0 bridgehead atoms. The number of nitrogens with one attached hydrogen (secondary N) is 1. The number of nitrogens with two attached hydrogens (primary N) is 1. The van der Waals surface area contributed by atoms with E-state index in [9.17, 15) is 29.4 Å². The van der Waals surface area contributed by atoms with Crippen molar-refractivity contribution in [3.8, 4) is 0 Å². The standard InChI is InChI=1S/C22H21ClN6O7S2/c1-22(2,20(34)35)36-28-13(12-8-38-21(24)26-12)16(30)27-14-17(31)29-15(19(32)33)10(7-37-18(14)29)11-4-3-9(5-23)6-25-11/h3-4,6,8,14,18H,5,7H2,1-2H3,(H2,24,26)(H,27,30)(H,32,33)(H,34,35)/b28-13-/t14-,18-/m1/s1. The van der Waals surface area contributed by atoms with E-state index in [1.54, 1.807) is 12.1 Å². The molecule has 0 spiro atoms. The summed E-state index contributed by atoms with van der Waals surface area (Å²) in [6, 6.07) is 2.28. The monoisotopic (exact) mass is 580 g/mol. The predicted molar refractivity (Wildman–Crippen MR) is 139 cm³/mol. The Balaban J connectivity index is 1.58. The Morgan fingerprint density at radius 1 is 1.34 bits per heavy atom. The van der Waals surface area contributed by atoms with Crippen molar-refractivity contribution < 1.29 is 34.2 Å². The summed E-state index contributed by atoms with van der Waals surface area (Å²) in [6.07, 6.45) is 1.53. The maximum Gasteiger partial charge on any atom is 0.353 e. The molecule has 2 amide bonds. The van der Waals surface area contributed by atoms with Crippen LogP contribution in [0.4, 0.5) is 5.13 Å². The number of carbonyl (C=O) groups is 4. The van der Waals surface area contributed by atoms with Gasteiger partial charge in [0.1, 0.15) is 22.8 Å². The molecule has 2 aliphatic heterocycles. The maximum atomic E-state index is 13.1. The van der Waals surface area contributed by atoms with Crippen LogP contribution < -0.4 is 11.1 Å². The molecule has 0 aliphatic carbocycles. The number of thioether (sulfide) groups is 1. The van der Waals surface area contributed by atoms with E-state index in [2.05, 4.69) is 20.4 Å². The molecule has 4 rings (SSSR count). The van der Waals surface area contributed by atoms with Gasteiger partial charge in [0.2, 0.25) is 5.60 Å². The molecule has 2 aliphatic rings. The van der Waals surface area contributed by atoms with Gasteiger partial charge in [-0.1, -0.05) is 11.2 Å². The van der Waals surface area contributed by atoms with Gasteiger partial charge in [0, 0.05) is 28.8 Å². The smallest absolute Gasteiger partial charge is 0.353 e. The highest BCUT2D eigenvalue weighted by Crippen LogP contribution is 2.43. The molecule has 5 N–H and O–H groups in total. The van der Waals surface area contributed by atoms with Crippen molar-refractivity contribution in [3.05, 3.63) is 46.4 Å². The number of nitrogens with zero attached hydrogens (tertiary/aromatic N) is 4. The molecular formula is C22H21ClN6O7S2. The lowest BCUT2D eigenvalue weighted by Gasteiger charge is -2.49. The Labute approximate surface area is 228 Å². The molecule has 0 saturated carbocycles. The minimum Gasteiger partial charge on any atom is -0.478 e. The number of anilines is 1. The topological polar surface area (TPSA) is 197 Å². The summed E-state index contributed by atoms with van der Waals surface area (Å²) >= 11 is 8.08. The number of halogens is 1. The van der Waals surface area contributed by atoms with Crippen molar-refractivity contribution in [2.24, 2.45) is 5.16 Å². The molecule has 4 heterocycles. The van der Waals surface area contributed by atoms with Crippen LogP contribution in [0.5, 0.6) is 0 Å². The number of carbonyl (C=O) groups excluding carboxylic acids is 2. The Bertz CT molecular complexity index is 1370. The van der Waals surface area contributed by atoms with Gasteiger partial charge in [0.05, 0.1) is 5.69 Å². The Kier molecular flexibility index (Phi) is 7.62. The molecule has 200 valence electrons. The predicted octanol–water partition coefficient (Wildman–Crippen LogP) is 1.34. The fraction of sp³-hybridized carbons (Fsp3) is 0.318. The zero-order valence-corrected chi connectivity index (χ0v) is 22.3. The van der Waals surface area contributed by atoms with Crippen LogP contribution in [0.3, 0.4) is 0 Å². The van der Waals surface area contributed by atoms with Crippen LogP contribution in [0.2, 0.25) is 0 Å². The molecule has 38 heavy (non-hydrogen) atoms. The molecular weight excluding hydrogens is 560 g/mol. The first-order valence-electron chi connectivity index (χ1n) is 10.9. The lowest BCUT2D eigenvalue weighted by Crippen LogP contribution is -2.71. The number of carboxylic acid groups (broad SMARTS) is 2. The van der Waals surface area contributed by atoms with Gasteiger partial charge in [-0.05, 0) is 25.5 Å². The number of nitrogen functional groups attached to an aromatic ring is 1. The lowest BCUT2D eigenvalue weighted by atomic mass is 10.0. The molecule has 13 nitrogen and oxygen atoms in total. The van der Waals surface area contributed by atoms with Crippen molar-refractivity contribution in [1.82, 2.24) is 20.2 Å². The molecule has 2 atom stereocenters. The first-order valence-corrected chi connectivity index (χ1v) is 13.3. The van der Waals surface area contributed by atoms with E-state index >= 15 is 0 Å². The van der Waals surface area contributed by atoms with Crippen LogP contribution in [-0.2, 0) is 29.9 Å². The first kappa shape index (κ1) is 27.3. The normalized spacial score (nSPS) is 19.5. The fourth-order valence-electron chi connectivity index (χ4n) is 3.51. The van der Waals surface area contributed by atoms with Crippen molar-refractivity contribution >= 4 is 74.9 Å². The van der Waals surface area contributed by atoms with Crippen molar-refractivity contribution in [2.75, 3.05) is 11.5 Å². The third kappa shape index (κ3) is 5.16. The van der Waals surface area contributed by atoms with Gasteiger partial charge in [-0.25, -0.2) is 14.6 Å². The molecule has 0 aromatic carbocycles. The van der Waals surface area contributed by atoms with Crippen LogP contribution in [0, 0.1) is 0 Å². The summed E-state index contributed by atoms with van der Waals surface area (Å²) < 4.78 is 0. The number of β-lactam (4-membered cyclic amide) rings is 1. The van der Waals surface area contributed by atoms with E-state index in [0.29, 0.717) is 11.3 Å². The lowest BCUT2D eigenvalue weighted by molar-refractivity contribution is -0.161. The first-order chi connectivity index (χ1) is 17.9. The van der Waals surface area contributed by atoms with Gasteiger partial charge < -0.3 is 26.1 Å². The zero-order valence-electron chi connectivity index (χ0n) is 19.9. The van der Waals surface area contributed by atoms with Gasteiger partial charge in [-0.2, -0.15) is 0 Å². The van der Waals surface area contributed by atoms with Gasteiger partial charge in [-0.3, -0.25) is 19.5 Å². The van der Waals surface area contributed by atoms with E-state index < -0.39 is 46.5 Å². The average molecular weight is 581 g/mol. The van der Waals surface area contributed by atoms with E-state index in [1.807, 2.05) is 0 Å². The van der Waals surface area contributed by atoms with Crippen LogP contribution >= 0.6 is 34.7 Å². The molecule has 0 radical (unpaired) electrons. The zero-order chi connectivity index (χ0) is 27.8. The second-order valence-corrected chi connectivity index (χ2v) is 10.9. The van der Waals surface area contributed by atoms with Crippen LogP contribution in [0.15, 0.2) is 34.6 Å². The molecule has 2 aromatic heterocycles. The van der Waals surface area contributed by atoms with E-state index in [4.69, 9.17) is 22.2 Å². The molecule has 0 unspecified atom stereocenters. The van der Waals surface area contributed by atoms with Crippen LogP contribution in [0.1, 0.15) is 30.8 Å². The number of hydrogen-bond acceptors (Lipinski definition) is 11. The highest BCUT2D eigenvalue weighted by molar-refractivity contribution is 8.00. The number of oxime groups is 1. The molecule has 2 aromatic rings. The second kappa shape index (κ2) is 10.6. The summed E-state index contributed by atoms with van der Waals surface area (Å²) in [5.41, 5.74) is 4.83. The third-order valence-electron chi connectivity index (χ3n) is 5.61. The van der Waals surface area contributed by atoms with Crippen molar-refractivity contribution in [1.29, 1.82) is 0 Å². The fourth-order valence-corrected chi connectivity index (χ4v) is 5.57. The number of amides is 2. The van der Waals surface area contributed by atoms with Gasteiger partial charge >= 0.3 is 11.9 Å². The quantitative estimate of drug-likeness (QED) is 0.144. The van der Waals surface area contributed by atoms with Crippen LogP contribution in [0.25, 0.3) is 5.57 Å². The average Bonchev–Trinajstić information content (AvgIpc) is 3.31. The SMILES string of the molecule is CC(C)(O/N=C(\C(=O)N[C@@H]1C(=O)N2C(C(=O)O)=C(c3ccc(CCl)cn3)CS[C@H]12)c1csc(N)n1)C(=O)O. The largest absolute Gasteiger partial charge is 0.478 e.